The third kappa shape index (κ3) is 2.73. The monoisotopic (exact) mass is 412 g/mol. The van der Waals surface area contributed by atoms with Crippen LogP contribution in [0.2, 0.25) is 0 Å². The lowest BCUT2D eigenvalue weighted by atomic mass is 10.1. The molecule has 2 aliphatic rings. The van der Waals surface area contributed by atoms with Crippen molar-refractivity contribution < 1.29 is 28.8 Å². The first-order valence-corrected chi connectivity index (χ1v) is 9.25. The number of hydroxylamine groups is 2. The van der Waals surface area contributed by atoms with Crippen LogP contribution >= 0.6 is 0 Å². The smallest absolute Gasteiger partial charge is 0.324 e. The summed E-state index contributed by atoms with van der Waals surface area (Å²) in [5, 5.41) is 0.422. The molecule has 8 nitrogen and oxygen atoms in total. The highest BCUT2D eigenvalue weighted by Crippen LogP contribution is 2.29. The molecule has 8 heteroatoms. The van der Waals surface area contributed by atoms with E-state index in [1.807, 2.05) is 0 Å². The van der Waals surface area contributed by atoms with Crippen LogP contribution in [0, 0.1) is 0 Å². The van der Waals surface area contributed by atoms with Crippen molar-refractivity contribution in [3.63, 3.8) is 0 Å². The minimum absolute atomic E-state index is 0.0388. The Hall–Kier alpha value is -4.59. The summed E-state index contributed by atoms with van der Waals surface area (Å²) in [7, 11) is 0. The van der Waals surface area contributed by atoms with Gasteiger partial charge in [0.2, 0.25) is 0 Å². The van der Waals surface area contributed by atoms with E-state index >= 15 is 0 Å². The lowest BCUT2D eigenvalue weighted by Crippen LogP contribution is -2.32. The zero-order valence-corrected chi connectivity index (χ0v) is 15.8. The van der Waals surface area contributed by atoms with Crippen molar-refractivity contribution in [1.29, 1.82) is 0 Å². The van der Waals surface area contributed by atoms with Crippen molar-refractivity contribution in [3.05, 3.63) is 101 Å². The van der Waals surface area contributed by atoms with Gasteiger partial charge in [0.25, 0.3) is 23.6 Å². The number of carbonyl (C=O) groups is 5. The maximum Gasteiger partial charge on any atom is 0.363 e. The van der Waals surface area contributed by atoms with Gasteiger partial charge in [-0.2, -0.15) is 0 Å². The quantitative estimate of drug-likeness (QED) is 0.613. The van der Waals surface area contributed by atoms with Gasteiger partial charge in [-0.25, -0.2) is 9.69 Å². The van der Waals surface area contributed by atoms with Gasteiger partial charge in [-0.05, 0) is 48.5 Å². The summed E-state index contributed by atoms with van der Waals surface area (Å²) in [6.45, 7) is 0. The summed E-state index contributed by atoms with van der Waals surface area (Å²) in [4.78, 5) is 68.3. The average Bonchev–Trinajstić information content (AvgIpc) is 3.20. The Kier molecular flexibility index (Phi) is 4.01. The number of imide groups is 2. The van der Waals surface area contributed by atoms with Gasteiger partial charge < -0.3 is 4.84 Å². The van der Waals surface area contributed by atoms with E-state index in [1.54, 1.807) is 36.4 Å². The fourth-order valence-corrected chi connectivity index (χ4v) is 3.56. The Bertz CT molecular complexity index is 1240. The SMILES string of the molecule is O=C(ON1C(=O)c2ccccc2C1=O)c1ccc(N2C(=O)c3ccccc3C2=O)cc1. The molecule has 0 N–H and O–H groups in total. The van der Waals surface area contributed by atoms with Crippen LogP contribution in [0.25, 0.3) is 0 Å². The van der Waals surface area contributed by atoms with Crippen molar-refractivity contribution in [3.8, 4) is 0 Å². The first kappa shape index (κ1) is 18.4. The Morgan fingerprint density at radius 3 is 1.45 bits per heavy atom. The second kappa shape index (κ2) is 6.74. The van der Waals surface area contributed by atoms with Gasteiger partial charge in [-0.1, -0.05) is 29.3 Å². The molecule has 3 aromatic carbocycles. The van der Waals surface area contributed by atoms with E-state index in [1.165, 1.54) is 36.4 Å². The van der Waals surface area contributed by atoms with Crippen molar-refractivity contribution in [1.82, 2.24) is 5.06 Å². The molecule has 0 saturated heterocycles. The average molecular weight is 412 g/mol. The third-order valence-corrected chi connectivity index (χ3v) is 5.09. The molecule has 2 aliphatic heterocycles. The minimum atomic E-state index is -0.927. The predicted octanol–water partition coefficient (Wildman–Crippen LogP) is 2.86. The fraction of sp³-hybridized carbons (Fsp3) is 0. The molecule has 31 heavy (non-hydrogen) atoms. The van der Waals surface area contributed by atoms with Gasteiger partial charge in [0.15, 0.2) is 0 Å². The summed E-state index contributed by atoms with van der Waals surface area (Å²) in [5.41, 5.74) is 1.24. The number of nitrogens with zero attached hydrogens (tertiary/aromatic N) is 2. The van der Waals surface area contributed by atoms with Crippen molar-refractivity contribution in [2.24, 2.45) is 0 Å². The van der Waals surface area contributed by atoms with Crippen LogP contribution in [0.3, 0.4) is 0 Å². The maximum atomic E-state index is 12.6. The summed E-state index contributed by atoms with van der Waals surface area (Å²) < 4.78 is 0. The molecule has 0 saturated carbocycles. The number of anilines is 1. The minimum Gasteiger partial charge on any atom is -0.324 e. The lowest BCUT2D eigenvalue weighted by Gasteiger charge is -2.15. The molecule has 0 bridgehead atoms. The van der Waals surface area contributed by atoms with E-state index in [4.69, 9.17) is 4.84 Å². The summed E-state index contributed by atoms with van der Waals surface area (Å²) >= 11 is 0. The molecule has 0 aliphatic carbocycles. The van der Waals surface area contributed by atoms with Crippen LogP contribution in [0.4, 0.5) is 5.69 Å². The predicted molar refractivity (Wildman–Crippen MR) is 106 cm³/mol. The van der Waals surface area contributed by atoms with E-state index in [9.17, 15) is 24.0 Å². The van der Waals surface area contributed by atoms with Crippen LogP contribution in [-0.2, 0) is 4.84 Å². The molecule has 3 aromatic rings. The number of benzene rings is 3. The molecule has 0 fully saturated rings. The molecule has 150 valence electrons. The maximum absolute atomic E-state index is 12.6. The van der Waals surface area contributed by atoms with Gasteiger partial charge in [0, 0.05) is 0 Å². The summed E-state index contributed by atoms with van der Waals surface area (Å²) in [6.07, 6.45) is 0. The van der Waals surface area contributed by atoms with E-state index in [2.05, 4.69) is 0 Å². The Balaban J connectivity index is 1.35. The van der Waals surface area contributed by atoms with E-state index in [-0.39, 0.29) is 22.4 Å². The van der Waals surface area contributed by atoms with Gasteiger partial charge in [0.05, 0.1) is 33.5 Å². The van der Waals surface area contributed by atoms with Crippen LogP contribution in [0.1, 0.15) is 51.8 Å². The number of amides is 4. The summed E-state index contributed by atoms with van der Waals surface area (Å²) in [5.74, 6) is -3.29. The van der Waals surface area contributed by atoms with E-state index in [0.717, 1.165) is 4.90 Å². The molecule has 4 amide bonds. The first-order valence-electron chi connectivity index (χ1n) is 9.25. The molecule has 2 heterocycles. The van der Waals surface area contributed by atoms with Gasteiger partial charge in [-0.15, -0.1) is 0 Å². The topological polar surface area (TPSA) is 101 Å². The highest BCUT2D eigenvalue weighted by Gasteiger charge is 2.39. The highest BCUT2D eigenvalue weighted by atomic mass is 16.7. The molecule has 0 unspecified atom stereocenters. The zero-order chi connectivity index (χ0) is 21.7. The Morgan fingerprint density at radius 1 is 0.581 bits per heavy atom. The van der Waals surface area contributed by atoms with E-state index < -0.39 is 29.6 Å². The molecule has 0 atom stereocenters. The fourth-order valence-electron chi connectivity index (χ4n) is 3.56. The van der Waals surface area contributed by atoms with Crippen LogP contribution < -0.4 is 4.90 Å². The van der Waals surface area contributed by atoms with Gasteiger partial charge in [0.1, 0.15) is 0 Å². The third-order valence-electron chi connectivity index (χ3n) is 5.09. The number of rotatable bonds is 3. The molecule has 5 rings (SSSR count). The number of fused-ring (bicyclic) bond motifs is 2. The second-order valence-corrected chi connectivity index (χ2v) is 6.87. The Labute approximate surface area is 175 Å². The van der Waals surface area contributed by atoms with Crippen LogP contribution in [0.15, 0.2) is 72.8 Å². The number of carbonyl (C=O) groups excluding carboxylic acids is 5. The standard InChI is InChI=1S/C23H12N2O6/c26-19-15-5-1-2-6-16(15)20(27)24(19)14-11-9-13(10-12-14)23(30)31-25-21(28)17-7-3-4-8-18(17)22(25)29/h1-12H. The zero-order valence-electron chi connectivity index (χ0n) is 15.8. The number of hydrogen-bond acceptors (Lipinski definition) is 6. The number of hydrogen-bond donors (Lipinski definition) is 0. The van der Waals surface area contributed by atoms with E-state index in [0.29, 0.717) is 16.2 Å². The van der Waals surface area contributed by atoms with Crippen LogP contribution in [-0.4, -0.2) is 34.7 Å². The lowest BCUT2D eigenvalue weighted by molar-refractivity contribution is -0.0584. The molecular weight excluding hydrogens is 400 g/mol. The molecule has 0 aromatic heterocycles. The molecular formula is C23H12N2O6. The normalized spacial score (nSPS) is 14.7. The molecule has 0 radical (unpaired) electrons. The largest absolute Gasteiger partial charge is 0.363 e. The Morgan fingerprint density at radius 2 is 1.00 bits per heavy atom. The van der Waals surface area contributed by atoms with Gasteiger partial charge in [-0.3, -0.25) is 19.2 Å². The van der Waals surface area contributed by atoms with Crippen molar-refractivity contribution >= 4 is 35.3 Å². The molecule has 0 spiro atoms. The van der Waals surface area contributed by atoms with Crippen LogP contribution in [0.5, 0.6) is 0 Å². The highest BCUT2D eigenvalue weighted by molar-refractivity contribution is 6.34. The summed E-state index contributed by atoms with van der Waals surface area (Å²) in [6, 6.07) is 18.2. The van der Waals surface area contributed by atoms with Crippen molar-refractivity contribution in [2.45, 2.75) is 0 Å². The first-order chi connectivity index (χ1) is 15.0. The van der Waals surface area contributed by atoms with Gasteiger partial charge >= 0.3 is 5.97 Å². The second-order valence-electron chi connectivity index (χ2n) is 6.87. The van der Waals surface area contributed by atoms with Crippen molar-refractivity contribution in [2.75, 3.05) is 4.90 Å².